The van der Waals surface area contributed by atoms with Crippen molar-refractivity contribution in [2.24, 2.45) is 0 Å². The fourth-order valence-electron chi connectivity index (χ4n) is 0.602. The summed E-state index contributed by atoms with van der Waals surface area (Å²) < 4.78 is 3.93. The lowest BCUT2D eigenvalue weighted by atomic mass is 10.1. The first-order chi connectivity index (χ1) is 6.45. The van der Waals surface area contributed by atoms with Crippen molar-refractivity contribution in [2.75, 3.05) is 13.7 Å². The molecule has 0 saturated carbocycles. The second-order valence-corrected chi connectivity index (χ2v) is 2.38. The number of Topliss-reactive ketones (excluding diaryl/α,β-unsaturated/α-hetero) is 2. The van der Waals surface area contributed by atoms with Crippen LogP contribution in [0.15, 0.2) is 0 Å². The van der Waals surface area contributed by atoms with Crippen molar-refractivity contribution in [3.8, 4) is 0 Å². The van der Waals surface area contributed by atoms with Crippen molar-refractivity contribution in [1.29, 1.82) is 0 Å². The summed E-state index contributed by atoms with van der Waals surface area (Å²) in [6.07, 6.45) is -3.91. The van der Waals surface area contributed by atoms with Gasteiger partial charge in [-0.1, -0.05) is 0 Å². The van der Waals surface area contributed by atoms with Crippen LogP contribution in [0, 0.1) is 0 Å². The summed E-state index contributed by atoms with van der Waals surface area (Å²) in [5.41, 5.74) is 0. The van der Waals surface area contributed by atoms with E-state index in [9.17, 15) is 14.4 Å². The van der Waals surface area contributed by atoms with Crippen molar-refractivity contribution in [3.05, 3.63) is 0 Å². The van der Waals surface area contributed by atoms with Gasteiger partial charge in [-0.3, -0.25) is 9.59 Å². The molecule has 0 aliphatic heterocycles. The summed E-state index contributed by atoms with van der Waals surface area (Å²) in [7, 11) is 0.891. The minimum absolute atomic E-state index is 0.891. The molecule has 0 aliphatic carbocycles. The quantitative estimate of drug-likeness (QED) is 0.249. The fourth-order valence-corrected chi connectivity index (χ4v) is 0.602. The van der Waals surface area contributed by atoms with E-state index in [1.54, 1.807) is 0 Å². The van der Waals surface area contributed by atoms with Gasteiger partial charge in [0.2, 0.25) is 5.78 Å². The van der Waals surface area contributed by atoms with Gasteiger partial charge in [0.1, 0.15) is 12.2 Å². The van der Waals surface area contributed by atoms with Gasteiger partial charge in [0.05, 0.1) is 13.7 Å². The highest BCUT2D eigenvalue weighted by Gasteiger charge is 2.33. The third kappa shape index (κ3) is 2.87. The van der Waals surface area contributed by atoms with Crippen LogP contribution < -0.4 is 0 Å². The van der Waals surface area contributed by atoms with Gasteiger partial charge in [0.25, 0.3) is 0 Å². The van der Waals surface area contributed by atoms with E-state index in [0.717, 1.165) is 7.11 Å². The van der Waals surface area contributed by atoms with Crippen LogP contribution in [-0.2, 0) is 19.1 Å². The molecule has 80 valence electrons. The number of hydrogen-bond donors (Lipinski definition) is 3. The zero-order valence-corrected chi connectivity index (χ0v) is 7.34. The molecule has 3 N–H and O–H groups in total. The maximum Gasteiger partial charge on any atom is 0.382 e. The van der Waals surface area contributed by atoms with Gasteiger partial charge in [0.15, 0.2) is 0 Å². The highest BCUT2D eigenvalue weighted by Crippen LogP contribution is 1.96. The normalized spacial score (nSPS) is 14.3. The maximum atomic E-state index is 10.9. The average Bonchev–Trinajstić information content (AvgIpc) is 2.23. The van der Waals surface area contributed by atoms with E-state index in [2.05, 4.69) is 4.74 Å². The van der Waals surface area contributed by atoms with Crippen molar-refractivity contribution in [1.82, 2.24) is 0 Å². The minimum Gasteiger partial charge on any atom is -0.463 e. The summed E-state index contributed by atoms with van der Waals surface area (Å²) in [5.74, 6) is -4.52. The molecule has 14 heavy (non-hydrogen) atoms. The lowest BCUT2D eigenvalue weighted by molar-refractivity contribution is -0.159. The smallest absolute Gasteiger partial charge is 0.382 e. The Hall–Kier alpha value is -1.31. The predicted octanol–water partition coefficient (Wildman–Crippen LogP) is -2.99. The Labute approximate surface area is 78.9 Å². The molecular formula is C7H10O7. The highest BCUT2D eigenvalue weighted by molar-refractivity contribution is 6.63. The number of ether oxygens (including phenoxy) is 1. The number of aliphatic hydroxyl groups excluding tert-OH is 3. The Morgan fingerprint density at radius 3 is 2.14 bits per heavy atom. The van der Waals surface area contributed by atoms with E-state index in [1.165, 1.54) is 0 Å². The van der Waals surface area contributed by atoms with Gasteiger partial charge in [-0.2, -0.15) is 0 Å². The Kier molecular flexibility index (Phi) is 4.92. The molecule has 0 spiro atoms. The Morgan fingerprint density at radius 2 is 1.79 bits per heavy atom. The van der Waals surface area contributed by atoms with E-state index >= 15 is 0 Å². The second-order valence-electron chi connectivity index (χ2n) is 2.38. The van der Waals surface area contributed by atoms with Crippen LogP contribution in [0.4, 0.5) is 0 Å². The monoisotopic (exact) mass is 206 g/mol. The first-order valence-corrected chi connectivity index (χ1v) is 3.59. The van der Waals surface area contributed by atoms with Crippen molar-refractivity contribution in [2.45, 2.75) is 12.2 Å². The van der Waals surface area contributed by atoms with Crippen molar-refractivity contribution < 1.29 is 34.4 Å². The molecule has 0 aliphatic rings. The van der Waals surface area contributed by atoms with Crippen LogP contribution in [0.3, 0.4) is 0 Å². The molecule has 2 atom stereocenters. The maximum absolute atomic E-state index is 10.9. The molecule has 0 radical (unpaired) electrons. The Bertz CT molecular complexity index is 246. The van der Waals surface area contributed by atoms with E-state index in [1.807, 2.05) is 0 Å². The molecule has 0 aromatic heterocycles. The number of hydrogen-bond acceptors (Lipinski definition) is 7. The minimum atomic E-state index is -2.12. The number of carbonyl (C=O) groups excluding carboxylic acids is 3. The van der Waals surface area contributed by atoms with E-state index < -0.39 is 36.4 Å². The van der Waals surface area contributed by atoms with Crippen molar-refractivity contribution >= 4 is 17.5 Å². The van der Waals surface area contributed by atoms with E-state index in [0.29, 0.717) is 0 Å². The average molecular weight is 206 g/mol. The van der Waals surface area contributed by atoms with E-state index in [4.69, 9.17) is 15.3 Å². The van der Waals surface area contributed by atoms with Gasteiger partial charge in [-0.15, -0.1) is 0 Å². The lowest BCUT2D eigenvalue weighted by Crippen LogP contribution is -2.42. The molecule has 7 heteroatoms. The van der Waals surface area contributed by atoms with Crippen LogP contribution in [0.2, 0.25) is 0 Å². The SMILES string of the molecule is COC(=O)C(=O)C(=O)[C@H](O)[C@@H](O)CO. The third-order valence-corrected chi connectivity index (χ3v) is 1.41. The molecule has 0 saturated heterocycles. The molecule has 0 rings (SSSR count). The van der Waals surface area contributed by atoms with Crippen LogP contribution in [-0.4, -0.2) is 58.8 Å². The number of esters is 1. The van der Waals surface area contributed by atoms with Gasteiger partial charge in [0, 0.05) is 0 Å². The summed E-state index contributed by atoms with van der Waals surface area (Å²) >= 11 is 0. The van der Waals surface area contributed by atoms with Crippen LogP contribution in [0.25, 0.3) is 0 Å². The first-order valence-electron chi connectivity index (χ1n) is 3.59. The predicted molar refractivity (Wildman–Crippen MR) is 41.1 cm³/mol. The third-order valence-electron chi connectivity index (χ3n) is 1.41. The number of aliphatic hydroxyl groups is 3. The molecule has 0 unspecified atom stereocenters. The molecule has 0 amide bonds. The van der Waals surface area contributed by atoms with Crippen LogP contribution in [0.1, 0.15) is 0 Å². The molecule has 0 aromatic rings. The van der Waals surface area contributed by atoms with E-state index in [-0.39, 0.29) is 0 Å². The van der Waals surface area contributed by atoms with Crippen LogP contribution in [0.5, 0.6) is 0 Å². The fraction of sp³-hybridized carbons (Fsp3) is 0.571. The summed E-state index contributed by atoms with van der Waals surface area (Å²) in [5, 5.41) is 26.0. The number of rotatable bonds is 5. The summed E-state index contributed by atoms with van der Waals surface area (Å²) in [4.78, 5) is 32.2. The molecule has 0 aromatic carbocycles. The molecular weight excluding hydrogens is 196 g/mol. The van der Waals surface area contributed by atoms with Crippen molar-refractivity contribution in [3.63, 3.8) is 0 Å². The first kappa shape index (κ1) is 12.7. The molecule has 0 heterocycles. The topological polar surface area (TPSA) is 121 Å². The molecule has 0 bridgehead atoms. The van der Waals surface area contributed by atoms with Gasteiger partial charge in [-0.25, -0.2) is 4.79 Å². The second kappa shape index (κ2) is 5.43. The Balaban J connectivity index is 4.47. The standard InChI is InChI=1S/C7H10O7/c1-14-7(13)6(12)5(11)4(10)3(9)2-8/h3-4,8-10H,2H2,1H3/t3-,4+/m0/s1. The summed E-state index contributed by atoms with van der Waals surface area (Å²) in [6.45, 7) is -0.901. The molecule has 7 nitrogen and oxygen atoms in total. The zero-order valence-electron chi connectivity index (χ0n) is 7.34. The lowest BCUT2D eigenvalue weighted by Gasteiger charge is -2.12. The highest BCUT2D eigenvalue weighted by atomic mass is 16.5. The van der Waals surface area contributed by atoms with Gasteiger partial charge in [-0.05, 0) is 0 Å². The summed E-state index contributed by atoms with van der Waals surface area (Å²) in [6, 6.07) is 0. The molecule has 0 fully saturated rings. The number of methoxy groups -OCH3 is 1. The zero-order chi connectivity index (χ0) is 11.3. The van der Waals surface area contributed by atoms with Gasteiger partial charge < -0.3 is 20.1 Å². The largest absolute Gasteiger partial charge is 0.463 e. The number of carbonyl (C=O) groups is 3. The Morgan fingerprint density at radius 1 is 1.29 bits per heavy atom. The van der Waals surface area contributed by atoms with Crippen LogP contribution >= 0.6 is 0 Å². The number of ketones is 2. The van der Waals surface area contributed by atoms with Gasteiger partial charge >= 0.3 is 11.8 Å².